The molecule has 10 heteroatoms. The molecule has 2 aliphatic heterocycles. The highest BCUT2D eigenvalue weighted by Gasteiger charge is 2.39. The predicted octanol–water partition coefficient (Wildman–Crippen LogP) is 3.25. The van der Waals surface area contributed by atoms with Gasteiger partial charge in [-0.2, -0.15) is 0 Å². The van der Waals surface area contributed by atoms with Gasteiger partial charge in [-0.05, 0) is 50.1 Å². The molecule has 2 aromatic carbocycles. The number of nitrogens with zero attached hydrogens (tertiary/aromatic N) is 1. The van der Waals surface area contributed by atoms with Crippen LogP contribution in [0.2, 0.25) is 0 Å². The van der Waals surface area contributed by atoms with Crippen LogP contribution in [-0.2, 0) is 9.53 Å². The van der Waals surface area contributed by atoms with Crippen molar-refractivity contribution >= 4 is 29.2 Å². The molecule has 0 spiro atoms. The van der Waals surface area contributed by atoms with Gasteiger partial charge in [0, 0.05) is 19.3 Å². The summed E-state index contributed by atoms with van der Waals surface area (Å²) in [6.07, 6.45) is 1.11. The van der Waals surface area contributed by atoms with E-state index in [1.165, 1.54) is 7.11 Å². The summed E-state index contributed by atoms with van der Waals surface area (Å²) >= 11 is 0. The lowest BCUT2D eigenvalue weighted by Gasteiger charge is -2.42. The first kappa shape index (κ1) is 25.3. The second kappa shape index (κ2) is 11.3. The molecule has 4 rings (SSSR count). The average molecular weight is 497 g/mol. The van der Waals surface area contributed by atoms with Gasteiger partial charge in [0.2, 0.25) is 5.91 Å². The number of hydrogen-bond donors (Lipinski definition) is 3. The van der Waals surface area contributed by atoms with Crippen LogP contribution in [0.15, 0.2) is 42.5 Å². The molecule has 36 heavy (non-hydrogen) atoms. The Hall–Kier alpha value is -3.79. The molecule has 1 saturated heterocycles. The van der Waals surface area contributed by atoms with Gasteiger partial charge in [0.05, 0.1) is 36.9 Å². The summed E-state index contributed by atoms with van der Waals surface area (Å²) in [5, 5.41) is 8.31. The van der Waals surface area contributed by atoms with Gasteiger partial charge in [-0.25, -0.2) is 4.79 Å². The second-order valence-corrected chi connectivity index (χ2v) is 8.82. The first-order valence-electron chi connectivity index (χ1n) is 12.1. The van der Waals surface area contributed by atoms with E-state index in [0.717, 1.165) is 0 Å². The number of anilines is 2. The van der Waals surface area contributed by atoms with Crippen molar-refractivity contribution in [3.8, 4) is 11.5 Å². The summed E-state index contributed by atoms with van der Waals surface area (Å²) < 4.78 is 17.4. The summed E-state index contributed by atoms with van der Waals surface area (Å²) in [6.45, 7) is 2.71. The van der Waals surface area contributed by atoms with Crippen LogP contribution in [0, 0.1) is 0 Å². The maximum absolute atomic E-state index is 13.4. The predicted molar refractivity (Wildman–Crippen MR) is 135 cm³/mol. The number of fused-ring (bicyclic) bond motifs is 2. The fourth-order valence-electron chi connectivity index (χ4n) is 4.61. The Balaban J connectivity index is 1.45. The lowest BCUT2D eigenvalue weighted by molar-refractivity contribution is -0.133. The maximum atomic E-state index is 13.4. The van der Waals surface area contributed by atoms with Gasteiger partial charge >= 0.3 is 6.03 Å². The van der Waals surface area contributed by atoms with Crippen LogP contribution in [0.1, 0.15) is 36.5 Å². The van der Waals surface area contributed by atoms with Crippen LogP contribution in [0.3, 0.4) is 0 Å². The molecule has 10 nitrogen and oxygen atoms in total. The minimum Gasteiger partial charge on any atom is -0.495 e. The molecular formula is C26H32N4O6. The number of rotatable bonds is 6. The highest BCUT2D eigenvalue weighted by molar-refractivity contribution is 6.03. The van der Waals surface area contributed by atoms with E-state index in [-0.39, 0.29) is 43.1 Å². The van der Waals surface area contributed by atoms with Crippen LogP contribution >= 0.6 is 0 Å². The van der Waals surface area contributed by atoms with E-state index in [9.17, 15) is 14.4 Å². The molecule has 192 valence electrons. The van der Waals surface area contributed by atoms with Gasteiger partial charge in [-0.15, -0.1) is 0 Å². The first-order chi connectivity index (χ1) is 17.4. The molecule has 2 aliphatic rings. The number of methoxy groups -OCH3 is 1. The Kier molecular flexibility index (Phi) is 7.94. The van der Waals surface area contributed by atoms with Crippen molar-refractivity contribution in [3.63, 3.8) is 0 Å². The summed E-state index contributed by atoms with van der Waals surface area (Å²) in [5.41, 5.74) is 1.33. The van der Waals surface area contributed by atoms with Crippen molar-refractivity contribution in [1.82, 2.24) is 10.2 Å². The Morgan fingerprint density at radius 1 is 1.14 bits per heavy atom. The van der Waals surface area contributed by atoms with E-state index in [4.69, 9.17) is 14.2 Å². The highest BCUT2D eigenvalue weighted by atomic mass is 16.5. The number of urea groups is 1. The Labute approximate surface area is 210 Å². The standard InChI is InChI=1S/C26H32N4O6/c1-4-27-24(31)14-17-10-11-20-23(36-17)15-35-21-12-9-16(13-18(21)25(32)30(20)2)28-26(33)29-19-7-5-6-8-22(19)34-3/h5-9,12-13,17,20,23H,4,10-11,14-15H2,1-3H3,(H,27,31)(H2,28,29,33)/t17-,20+,23+/m0/s1. The number of likely N-dealkylation sites (N-methyl/N-ethyl adjacent to an activating group) is 1. The number of benzene rings is 2. The van der Waals surface area contributed by atoms with Gasteiger partial charge in [-0.1, -0.05) is 12.1 Å². The van der Waals surface area contributed by atoms with Crippen molar-refractivity contribution < 1.29 is 28.6 Å². The molecule has 3 atom stereocenters. The van der Waals surface area contributed by atoms with Gasteiger partial charge < -0.3 is 35.1 Å². The average Bonchev–Trinajstić information content (AvgIpc) is 2.87. The van der Waals surface area contributed by atoms with Crippen LogP contribution < -0.4 is 25.4 Å². The van der Waals surface area contributed by atoms with E-state index >= 15 is 0 Å². The smallest absolute Gasteiger partial charge is 0.323 e. The minimum atomic E-state index is -0.467. The molecular weight excluding hydrogens is 464 g/mol. The van der Waals surface area contributed by atoms with Crippen LogP contribution in [-0.4, -0.2) is 68.3 Å². The third-order valence-corrected chi connectivity index (χ3v) is 6.41. The zero-order valence-corrected chi connectivity index (χ0v) is 20.7. The van der Waals surface area contributed by atoms with Crippen molar-refractivity contribution in [2.45, 2.75) is 44.4 Å². The Morgan fingerprint density at radius 2 is 1.94 bits per heavy atom. The molecule has 4 amide bonds. The maximum Gasteiger partial charge on any atom is 0.323 e. The molecule has 0 bridgehead atoms. The van der Waals surface area contributed by atoms with E-state index in [1.54, 1.807) is 48.3 Å². The van der Waals surface area contributed by atoms with E-state index < -0.39 is 6.03 Å². The normalized spacial score (nSPS) is 21.1. The number of nitrogens with one attached hydrogen (secondary N) is 3. The zero-order valence-electron chi connectivity index (χ0n) is 20.7. The van der Waals surface area contributed by atoms with Gasteiger partial charge in [-0.3, -0.25) is 9.59 Å². The second-order valence-electron chi connectivity index (χ2n) is 8.82. The number of amides is 4. The summed E-state index contributed by atoms with van der Waals surface area (Å²) in [7, 11) is 3.28. The summed E-state index contributed by atoms with van der Waals surface area (Å²) in [4.78, 5) is 39.6. The number of carbonyl (C=O) groups is 3. The molecule has 0 unspecified atom stereocenters. The lowest BCUT2D eigenvalue weighted by atomic mass is 9.94. The first-order valence-corrected chi connectivity index (χ1v) is 12.1. The van der Waals surface area contributed by atoms with Crippen LogP contribution in [0.5, 0.6) is 11.5 Å². The van der Waals surface area contributed by atoms with E-state index in [0.29, 0.717) is 47.8 Å². The Bertz CT molecular complexity index is 1120. The lowest BCUT2D eigenvalue weighted by Crippen LogP contribution is -2.54. The van der Waals surface area contributed by atoms with Crippen molar-refractivity contribution in [1.29, 1.82) is 0 Å². The van der Waals surface area contributed by atoms with Crippen LogP contribution in [0.4, 0.5) is 16.2 Å². The largest absolute Gasteiger partial charge is 0.495 e. The Morgan fingerprint density at radius 3 is 2.72 bits per heavy atom. The molecule has 1 fully saturated rings. The third kappa shape index (κ3) is 5.71. The fraction of sp³-hybridized carbons (Fsp3) is 0.423. The molecule has 0 saturated carbocycles. The van der Waals surface area contributed by atoms with Crippen molar-refractivity contribution in [2.24, 2.45) is 0 Å². The number of carbonyl (C=O) groups excluding carboxylic acids is 3. The molecule has 0 aliphatic carbocycles. The van der Waals surface area contributed by atoms with Gasteiger partial charge in [0.15, 0.2) is 0 Å². The van der Waals surface area contributed by atoms with E-state index in [1.807, 2.05) is 13.0 Å². The third-order valence-electron chi connectivity index (χ3n) is 6.41. The van der Waals surface area contributed by atoms with Crippen molar-refractivity contribution in [3.05, 3.63) is 48.0 Å². The quantitative estimate of drug-likeness (QED) is 0.565. The van der Waals surface area contributed by atoms with Gasteiger partial charge in [0.25, 0.3) is 5.91 Å². The monoisotopic (exact) mass is 496 g/mol. The molecule has 0 aromatic heterocycles. The number of ether oxygens (including phenoxy) is 3. The summed E-state index contributed by atoms with van der Waals surface area (Å²) in [6, 6.07) is 11.4. The number of hydrogen-bond acceptors (Lipinski definition) is 6. The fourth-order valence-corrected chi connectivity index (χ4v) is 4.61. The van der Waals surface area contributed by atoms with Gasteiger partial charge in [0.1, 0.15) is 24.2 Å². The summed E-state index contributed by atoms with van der Waals surface area (Å²) in [5.74, 6) is 0.681. The highest BCUT2D eigenvalue weighted by Crippen LogP contribution is 2.32. The van der Waals surface area contributed by atoms with Crippen LogP contribution in [0.25, 0.3) is 0 Å². The van der Waals surface area contributed by atoms with E-state index in [2.05, 4.69) is 16.0 Å². The van der Waals surface area contributed by atoms with Crippen molar-refractivity contribution in [2.75, 3.05) is 37.9 Å². The molecule has 0 radical (unpaired) electrons. The SMILES string of the molecule is CCNC(=O)C[C@@H]1CC[C@@H]2[C@@H](COc3ccc(NC(=O)Nc4ccccc4OC)cc3C(=O)N2C)O1. The molecule has 3 N–H and O–H groups in total. The number of para-hydroxylation sites is 2. The minimum absolute atomic E-state index is 0.0442. The molecule has 2 aromatic rings. The topological polar surface area (TPSA) is 118 Å². The molecule has 2 heterocycles. The zero-order chi connectivity index (χ0) is 25.7.